The Morgan fingerprint density at radius 1 is 0.929 bits per heavy atom. The number of nitrogens with zero attached hydrogens (tertiary/aromatic N) is 2. The van der Waals surface area contributed by atoms with Gasteiger partial charge in [0.25, 0.3) is 0 Å². The van der Waals surface area contributed by atoms with Crippen molar-refractivity contribution in [3.05, 3.63) is 71.8 Å². The predicted octanol–water partition coefficient (Wildman–Crippen LogP) is 4.68. The van der Waals surface area contributed by atoms with Crippen LogP contribution in [0.3, 0.4) is 0 Å². The summed E-state index contributed by atoms with van der Waals surface area (Å²) in [4.78, 5) is 17.1. The predicted molar refractivity (Wildman–Crippen MR) is 114 cm³/mol. The summed E-state index contributed by atoms with van der Waals surface area (Å²) < 4.78 is 0. The number of hydrogen-bond acceptors (Lipinski definition) is 2. The summed E-state index contributed by atoms with van der Waals surface area (Å²) in [6.07, 6.45) is 5.41. The van der Waals surface area contributed by atoms with Crippen LogP contribution in [0.2, 0.25) is 0 Å². The maximum atomic E-state index is 12.2. The Kier molecular flexibility index (Phi) is 6.11. The molecule has 28 heavy (non-hydrogen) atoms. The van der Waals surface area contributed by atoms with Gasteiger partial charge in [0.2, 0.25) is 5.91 Å². The second kappa shape index (κ2) is 8.91. The summed E-state index contributed by atoms with van der Waals surface area (Å²) in [7, 11) is 0. The van der Waals surface area contributed by atoms with Crippen molar-refractivity contribution >= 4 is 5.91 Å². The van der Waals surface area contributed by atoms with Crippen molar-refractivity contribution in [2.75, 3.05) is 19.6 Å². The molecule has 0 spiro atoms. The fourth-order valence-corrected chi connectivity index (χ4v) is 5.16. The van der Waals surface area contributed by atoms with Gasteiger partial charge in [0.15, 0.2) is 0 Å². The zero-order chi connectivity index (χ0) is 19.3. The lowest BCUT2D eigenvalue weighted by Gasteiger charge is -2.30. The van der Waals surface area contributed by atoms with E-state index in [1.807, 2.05) is 6.92 Å². The van der Waals surface area contributed by atoms with Crippen molar-refractivity contribution < 1.29 is 4.79 Å². The van der Waals surface area contributed by atoms with Gasteiger partial charge >= 0.3 is 0 Å². The van der Waals surface area contributed by atoms with Crippen molar-refractivity contribution in [3.63, 3.8) is 0 Å². The Morgan fingerprint density at radius 3 is 2.14 bits per heavy atom. The number of fused-ring (bicyclic) bond motifs is 2. The van der Waals surface area contributed by atoms with E-state index in [0.717, 1.165) is 32.5 Å². The zero-order valence-corrected chi connectivity index (χ0v) is 17.0. The van der Waals surface area contributed by atoms with Crippen LogP contribution in [0, 0.1) is 0 Å². The van der Waals surface area contributed by atoms with Crippen LogP contribution in [0.15, 0.2) is 60.7 Å². The number of hydrogen-bond donors (Lipinski definition) is 0. The lowest BCUT2D eigenvalue weighted by Crippen LogP contribution is -2.41. The minimum atomic E-state index is 0.318. The van der Waals surface area contributed by atoms with Gasteiger partial charge in [0.1, 0.15) is 0 Å². The number of carbonyl (C=O) groups excluding carboxylic acids is 1. The molecule has 0 saturated carbocycles. The van der Waals surface area contributed by atoms with Crippen LogP contribution in [0.5, 0.6) is 0 Å². The highest BCUT2D eigenvalue weighted by Gasteiger charge is 2.38. The molecule has 4 rings (SSSR count). The molecule has 0 N–H and O–H groups in total. The van der Waals surface area contributed by atoms with Crippen molar-refractivity contribution in [1.29, 1.82) is 0 Å². The number of likely N-dealkylation sites (tertiary alicyclic amines) is 1. The van der Waals surface area contributed by atoms with E-state index in [4.69, 9.17) is 0 Å². The molecule has 2 bridgehead atoms. The summed E-state index contributed by atoms with van der Waals surface area (Å²) in [6, 6.07) is 23.0. The Morgan fingerprint density at radius 2 is 1.54 bits per heavy atom. The average molecular weight is 377 g/mol. The molecule has 1 amide bonds. The van der Waals surface area contributed by atoms with E-state index in [-0.39, 0.29) is 0 Å². The average Bonchev–Trinajstić information content (AvgIpc) is 3.02. The normalized spacial score (nSPS) is 22.4. The van der Waals surface area contributed by atoms with Gasteiger partial charge in [0, 0.05) is 37.5 Å². The first kappa shape index (κ1) is 19.2. The van der Waals surface area contributed by atoms with Gasteiger partial charge in [-0.3, -0.25) is 9.69 Å². The van der Waals surface area contributed by atoms with Crippen LogP contribution in [-0.4, -0.2) is 47.4 Å². The third kappa shape index (κ3) is 4.15. The quantitative estimate of drug-likeness (QED) is 0.730. The summed E-state index contributed by atoms with van der Waals surface area (Å²) in [5.41, 5.74) is 2.80. The summed E-state index contributed by atoms with van der Waals surface area (Å²) in [6.45, 7) is 4.95. The van der Waals surface area contributed by atoms with Crippen molar-refractivity contribution in [1.82, 2.24) is 9.80 Å². The molecule has 3 nitrogen and oxygen atoms in total. The fraction of sp³-hybridized carbons (Fsp3) is 0.480. The maximum Gasteiger partial charge on any atom is 0.222 e. The minimum absolute atomic E-state index is 0.318. The zero-order valence-electron chi connectivity index (χ0n) is 17.0. The molecular formula is C25H32N2O. The van der Waals surface area contributed by atoms with Gasteiger partial charge in [-0.25, -0.2) is 0 Å². The highest BCUT2D eigenvalue weighted by molar-refractivity contribution is 5.75. The van der Waals surface area contributed by atoms with Gasteiger partial charge in [-0.2, -0.15) is 0 Å². The monoisotopic (exact) mass is 376 g/mol. The molecule has 2 aliphatic heterocycles. The van der Waals surface area contributed by atoms with E-state index in [9.17, 15) is 4.79 Å². The molecule has 0 radical (unpaired) electrons. The number of amides is 1. The Labute approximate surface area is 169 Å². The van der Waals surface area contributed by atoms with E-state index in [1.165, 1.54) is 24.0 Å². The molecule has 148 valence electrons. The first-order chi connectivity index (χ1) is 13.8. The van der Waals surface area contributed by atoms with E-state index in [0.29, 0.717) is 30.3 Å². The van der Waals surface area contributed by atoms with Gasteiger partial charge in [-0.15, -0.1) is 0 Å². The van der Waals surface area contributed by atoms with Crippen LogP contribution < -0.4 is 0 Å². The van der Waals surface area contributed by atoms with Crippen molar-refractivity contribution in [2.45, 2.75) is 57.0 Å². The number of benzene rings is 2. The lowest BCUT2D eigenvalue weighted by molar-refractivity contribution is -0.131. The van der Waals surface area contributed by atoms with Crippen molar-refractivity contribution in [3.8, 4) is 0 Å². The van der Waals surface area contributed by atoms with Gasteiger partial charge in [-0.05, 0) is 43.4 Å². The van der Waals surface area contributed by atoms with Gasteiger partial charge < -0.3 is 4.90 Å². The van der Waals surface area contributed by atoms with Crippen LogP contribution in [0.1, 0.15) is 56.1 Å². The molecule has 0 aliphatic carbocycles. The molecule has 0 aromatic heterocycles. The Bertz CT molecular complexity index is 721. The van der Waals surface area contributed by atoms with Crippen LogP contribution in [0.4, 0.5) is 0 Å². The SMILES string of the molecule is CCC(=O)N1CCC2CCC(C1)N2CCC(c1ccccc1)c1ccccc1. The van der Waals surface area contributed by atoms with Gasteiger partial charge in [0.05, 0.1) is 0 Å². The molecule has 2 saturated heterocycles. The summed E-state index contributed by atoms with van der Waals surface area (Å²) in [5.74, 6) is 0.748. The fourth-order valence-electron chi connectivity index (χ4n) is 5.16. The molecule has 3 heteroatoms. The van der Waals surface area contributed by atoms with Crippen LogP contribution in [0.25, 0.3) is 0 Å². The molecule has 2 aliphatic rings. The van der Waals surface area contributed by atoms with E-state index < -0.39 is 0 Å². The van der Waals surface area contributed by atoms with E-state index in [1.54, 1.807) is 0 Å². The van der Waals surface area contributed by atoms with E-state index >= 15 is 0 Å². The topological polar surface area (TPSA) is 23.6 Å². The molecule has 2 unspecified atom stereocenters. The van der Waals surface area contributed by atoms with Crippen LogP contribution in [-0.2, 0) is 4.79 Å². The second-order valence-corrected chi connectivity index (χ2v) is 8.27. The molecule has 2 atom stereocenters. The first-order valence-electron chi connectivity index (χ1n) is 10.9. The largest absolute Gasteiger partial charge is 0.341 e. The molecular weight excluding hydrogens is 344 g/mol. The Balaban J connectivity index is 1.49. The standard InChI is InChI=1S/C25H32N2O/c1-2-25(28)26-17-15-22-13-14-23(19-26)27(22)18-16-24(20-9-5-3-6-10-20)21-11-7-4-8-12-21/h3-12,22-24H,2,13-19H2,1H3. The highest BCUT2D eigenvalue weighted by Crippen LogP contribution is 2.34. The lowest BCUT2D eigenvalue weighted by atomic mass is 9.88. The number of carbonyl (C=O) groups is 1. The van der Waals surface area contributed by atoms with Crippen molar-refractivity contribution in [2.24, 2.45) is 0 Å². The first-order valence-corrected chi connectivity index (χ1v) is 10.9. The highest BCUT2D eigenvalue weighted by atomic mass is 16.2. The van der Waals surface area contributed by atoms with Gasteiger partial charge in [-0.1, -0.05) is 67.6 Å². The third-order valence-electron chi connectivity index (χ3n) is 6.67. The Hall–Kier alpha value is -2.13. The maximum absolute atomic E-state index is 12.2. The van der Waals surface area contributed by atoms with E-state index in [2.05, 4.69) is 70.5 Å². The summed E-state index contributed by atoms with van der Waals surface area (Å²) in [5, 5.41) is 0. The molecule has 2 aromatic rings. The summed E-state index contributed by atoms with van der Waals surface area (Å²) >= 11 is 0. The molecule has 2 fully saturated rings. The third-order valence-corrected chi connectivity index (χ3v) is 6.67. The molecule has 2 heterocycles. The van der Waals surface area contributed by atoms with Crippen LogP contribution >= 0.6 is 0 Å². The molecule has 2 aromatic carbocycles. The minimum Gasteiger partial charge on any atom is -0.341 e. The second-order valence-electron chi connectivity index (χ2n) is 8.27. The number of rotatable bonds is 6. The smallest absolute Gasteiger partial charge is 0.222 e.